The molecule has 4 rings (SSSR count). The van der Waals surface area contributed by atoms with E-state index in [9.17, 15) is 22.8 Å². The molecule has 0 saturated carbocycles. The Morgan fingerprint density at radius 2 is 1.90 bits per heavy atom. The summed E-state index contributed by atoms with van der Waals surface area (Å²) in [7, 11) is 0. The summed E-state index contributed by atoms with van der Waals surface area (Å²) >= 11 is 3.22. The number of carbonyl (C=O) groups is 1. The Hall–Kier alpha value is -2.09. The van der Waals surface area contributed by atoms with Gasteiger partial charge in [-0.3, -0.25) is 9.59 Å². The predicted octanol–water partition coefficient (Wildman–Crippen LogP) is 4.56. The second-order valence-corrected chi connectivity index (χ2v) is 8.70. The minimum atomic E-state index is -4.40. The van der Waals surface area contributed by atoms with Gasteiger partial charge in [0.2, 0.25) is 0 Å². The highest BCUT2D eigenvalue weighted by Gasteiger charge is 2.40. The minimum absolute atomic E-state index is 0.118. The molecule has 2 aromatic rings. The fourth-order valence-corrected chi connectivity index (χ4v) is 4.90. The Kier molecular flexibility index (Phi) is 5.09. The molecule has 1 aromatic carbocycles. The van der Waals surface area contributed by atoms with Crippen LogP contribution in [-0.2, 0) is 19.1 Å². The van der Waals surface area contributed by atoms with Crippen molar-refractivity contribution in [2.45, 2.75) is 57.4 Å². The lowest BCUT2D eigenvalue weighted by Gasteiger charge is -2.45. The lowest BCUT2D eigenvalue weighted by Crippen LogP contribution is -2.57. The fourth-order valence-electron chi connectivity index (χ4n) is 4.56. The molecule has 8 heteroatoms. The van der Waals surface area contributed by atoms with Gasteiger partial charge >= 0.3 is 6.18 Å². The number of fused-ring (bicyclic) bond motifs is 2. The fraction of sp³-hybridized carbons (Fsp3) is 0.429. The van der Waals surface area contributed by atoms with Gasteiger partial charge in [-0.15, -0.1) is 0 Å². The van der Waals surface area contributed by atoms with E-state index in [1.807, 2.05) is 0 Å². The summed E-state index contributed by atoms with van der Waals surface area (Å²) in [5.41, 5.74) is 0.572. The van der Waals surface area contributed by atoms with Crippen molar-refractivity contribution in [3.8, 4) is 0 Å². The Labute approximate surface area is 174 Å². The molecule has 1 fully saturated rings. The van der Waals surface area contributed by atoms with Gasteiger partial charge in [0.05, 0.1) is 16.1 Å². The first kappa shape index (κ1) is 20.2. The monoisotopic (exact) mass is 468 g/mol. The average Bonchev–Trinajstić information content (AvgIpc) is 2.64. The minimum Gasteiger partial charge on any atom is -0.329 e. The summed E-state index contributed by atoms with van der Waals surface area (Å²) in [6.45, 7) is 2.06. The van der Waals surface area contributed by atoms with Crippen LogP contribution in [0.25, 0.3) is 0 Å². The van der Waals surface area contributed by atoms with Crippen LogP contribution in [0.1, 0.15) is 46.4 Å². The van der Waals surface area contributed by atoms with Crippen molar-refractivity contribution in [3.63, 3.8) is 0 Å². The smallest absolute Gasteiger partial charge is 0.329 e. The third-order valence-electron chi connectivity index (χ3n) is 5.77. The second kappa shape index (κ2) is 7.31. The molecular weight excluding hydrogens is 449 g/mol. The van der Waals surface area contributed by atoms with E-state index in [1.54, 1.807) is 30.0 Å². The van der Waals surface area contributed by atoms with E-state index in [0.717, 1.165) is 25.3 Å². The van der Waals surface area contributed by atoms with E-state index in [4.69, 9.17) is 0 Å². The Morgan fingerprint density at radius 3 is 2.62 bits per heavy atom. The number of halogens is 4. The van der Waals surface area contributed by atoms with Crippen molar-refractivity contribution in [1.29, 1.82) is 0 Å². The molecule has 1 amide bonds. The maximum Gasteiger partial charge on any atom is 0.416 e. The summed E-state index contributed by atoms with van der Waals surface area (Å²) in [6.07, 6.45) is -1.65. The first-order chi connectivity index (χ1) is 13.6. The molecule has 1 aromatic heterocycles. The van der Waals surface area contributed by atoms with Gasteiger partial charge in [0.15, 0.2) is 0 Å². The first-order valence-corrected chi connectivity index (χ1v) is 10.3. The van der Waals surface area contributed by atoms with Crippen LogP contribution in [0, 0.1) is 6.92 Å². The van der Waals surface area contributed by atoms with Crippen molar-refractivity contribution in [2.24, 2.45) is 0 Å². The van der Waals surface area contributed by atoms with Gasteiger partial charge in [-0.2, -0.15) is 13.2 Å². The van der Waals surface area contributed by atoms with Crippen LogP contribution in [0.3, 0.4) is 0 Å². The molecule has 2 atom stereocenters. The predicted molar refractivity (Wildman–Crippen MR) is 106 cm³/mol. The third-order valence-corrected chi connectivity index (χ3v) is 6.38. The van der Waals surface area contributed by atoms with Crippen molar-refractivity contribution in [3.05, 3.63) is 67.5 Å². The highest BCUT2D eigenvalue weighted by Crippen LogP contribution is 2.34. The van der Waals surface area contributed by atoms with E-state index in [-0.39, 0.29) is 23.6 Å². The largest absolute Gasteiger partial charge is 0.416 e. The SMILES string of the molecule is Cc1cc(CC2CCCC3Cn4c(ccc(Br)c4=O)C(=O)N23)cc(C(F)(F)F)c1. The van der Waals surface area contributed by atoms with Crippen LogP contribution >= 0.6 is 15.9 Å². The molecule has 3 heterocycles. The number of hydrogen-bond donors (Lipinski definition) is 0. The first-order valence-electron chi connectivity index (χ1n) is 9.55. The van der Waals surface area contributed by atoms with Gasteiger partial charge in [0.25, 0.3) is 11.5 Å². The quantitative estimate of drug-likeness (QED) is 0.648. The zero-order chi connectivity index (χ0) is 20.9. The summed E-state index contributed by atoms with van der Waals surface area (Å²) < 4.78 is 41.5. The van der Waals surface area contributed by atoms with Crippen molar-refractivity contribution < 1.29 is 18.0 Å². The summed E-state index contributed by atoms with van der Waals surface area (Å²) in [5, 5.41) is 0. The van der Waals surface area contributed by atoms with Crippen LogP contribution in [0.5, 0.6) is 0 Å². The van der Waals surface area contributed by atoms with E-state index >= 15 is 0 Å². The van der Waals surface area contributed by atoms with Gasteiger partial charge in [-0.1, -0.05) is 11.6 Å². The zero-order valence-electron chi connectivity index (χ0n) is 15.8. The van der Waals surface area contributed by atoms with Crippen molar-refractivity contribution in [1.82, 2.24) is 9.47 Å². The molecular formula is C21H20BrF3N2O2. The summed E-state index contributed by atoms with van der Waals surface area (Å²) in [6, 6.07) is 6.97. The molecule has 2 unspecified atom stereocenters. The summed E-state index contributed by atoms with van der Waals surface area (Å²) in [4.78, 5) is 27.4. The number of rotatable bonds is 2. The molecule has 0 bridgehead atoms. The molecule has 1 saturated heterocycles. The molecule has 0 N–H and O–H groups in total. The maximum absolute atomic E-state index is 13.2. The van der Waals surface area contributed by atoms with E-state index in [0.29, 0.717) is 34.3 Å². The molecule has 2 aliphatic heterocycles. The van der Waals surface area contributed by atoms with Gasteiger partial charge in [0, 0.05) is 12.6 Å². The van der Waals surface area contributed by atoms with Gasteiger partial charge in [-0.25, -0.2) is 0 Å². The Bertz CT molecular complexity index is 1030. The molecule has 29 heavy (non-hydrogen) atoms. The second-order valence-electron chi connectivity index (χ2n) is 7.84. The number of nitrogens with zero attached hydrogens (tertiary/aromatic N) is 2. The van der Waals surface area contributed by atoms with E-state index in [1.165, 1.54) is 10.6 Å². The maximum atomic E-state index is 13.2. The lowest BCUT2D eigenvalue weighted by atomic mass is 9.88. The Balaban J connectivity index is 1.67. The topological polar surface area (TPSA) is 42.3 Å². The lowest BCUT2D eigenvalue weighted by molar-refractivity contribution is -0.137. The highest BCUT2D eigenvalue weighted by atomic mass is 79.9. The van der Waals surface area contributed by atoms with E-state index in [2.05, 4.69) is 15.9 Å². The molecule has 2 aliphatic rings. The van der Waals surface area contributed by atoms with Crippen LogP contribution in [0.4, 0.5) is 13.2 Å². The molecule has 154 valence electrons. The molecule has 0 radical (unpaired) electrons. The normalized spacial score (nSPS) is 21.7. The van der Waals surface area contributed by atoms with Gasteiger partial charge < -0.3 is 9.47 Å². The van der Waals surface area contributed by atoms with Crippen LogP contribution < -0.4 is 5.56 Å². The summed E-state index contributed by atoms with van der Waals surface area (Å²) in [5.74, 6) is -0.223. The Morgan fingerprint density at radius 1 is 1.14 bits per heavy atom. The zero-order valence-corrected chi connectivity index (χ0v) is 17.4. The van der Waals surface area contributed by atoms with E-state index < -0.39 is 11.7 Å². The number of piperidine rings is 1. The van der Waals surface area contributed by atoms with Crippen LogP contribution in [-0.4, -0.2) is 27.5 Å². The highest BCUT2D eigenvalue weighted by molar-refractivity contribution is 9.10. The average molecular weight is 469 g/mol. The number of hydrogen-bond acceptors (Lipinski definition) is 2. The van der Waals surface area contributed by atoms with Gasteiger partial charge in [-0.05, 0) is 78.4 Å². The number of pyridine rings is 1. The number of carbonyl (C=O) groups excluding carboxylic acids is 1. The number of alkyl halides is 3. The third kappa shape index (κ3) is 3.74. The number of aryl methyl sites for hydroxylation is 1. The number of benzene rings is 1. The molecule has 0 spiro atoms. The molecule has 0 aliphatic carbocycles. The molecule has 4 nitrogen and oxygen atoms in total. The van der Waals surface area contributed by atoms with Crippen molar-refractivity contribution in [2.75, 3.05) is 0 Å². The standard InChI is InChI=1S/C21H20BrF3N2O2/c1-12-7-13(9-14(8-12)21(23,24)25)10-15-3-2-4-16-11-26-18(20(29)27(15)16)6-5-17(22)19(26)28/h5-9,15-16H,2-4,10-11H2,1H3. The number of amides is 1. The van der Waals surface area contributed by atoms with Crippen LogP contribution in [0.2, 0.25) is 0 Å². The number of aromatic nitrogens is 1. The van der Waals surface area contributed by atoms with Gasteiger partial charge in [0.1, 0.15) is 5.69 Å². The van der Waals surface area contributed by atoms with Crippen molar-refractivity contribution >= 4 is 21.8 Å². The van der Waals surface area contributed by atoms with Crippen LogP contribution in [0.15, 0.2) is 39.6 Å².